The first-order chi connectivity index (χ1) is 9.06. The number of H-pyrrole nitrogens is 2. The van der Waals surface area contributed by atoms with E-state index < -0.39 is 17.3 Å². The number of hydrogen-bond acceptors (Lipinski definition) is 4. The third-order valence-electron chi connectivity index (χ3n) is 2.92. The highest BCUT2D eigenvalue weighted by molar-refractivity contribution is 5.93. The molecule has 0 fully saturated rings. The number of carbonyl (C=O) groups excluding carboxylic acids is 1. The first-order valence-corrected chi connectivity index (χ1v) is 5.90. The SMILES string of the molecule is CCC(c1ncc[nH]1)n1c(=O)[nH]cc(C(C)=O)c1=O. The molecule has 7 nitrogen and oxygen atoms in total. The maximum Gasteiger partial charge on any atom is 0.329 e. The van der Waals surface area contributed by atoms with E-state index in [4.69, 9.17) is 0 Å². The molecule has 19 heavy (non-hydrogen) atoms. The molecular weight excluding hydrogens is 248 g/mol. The number of Topliss-reactive ketones (excluding diaryl/α,β-unsaturated/α-hetero) is 1. The van der Waals surface area contributed by atoms with Crippen LogP contribution in [-0.2, 0) is 0 Å². The smallest absolute Gasteiger partial charge is 0.329 e. The number of aromatic amines is 2. The monoisotopic (exact) mass is 262 g/mol. The highest BCUT2D eigenvalue weighted by Crippen LogP contribution is 2.14. The highest BCUT2D eigenvalue weighted by atomic mass is 16.2. The van der Waals surface area contributed by atoms with Crippen molar-refractivity contribution in [1.82, 2.24) is 19.5 Å². The molecule has 2 N–H and O–H groups in total. The Bertz CT molecular complexity index is 697. The largest absolute Gasteiger partial charge is 0.347 e. The van der Waals surface area contributed by atoms with Gasteiger partial charge in [0.2, 0.25) is 0 Å². The molecule has 1 unspecified atom stereocenters. The standard InChI is InChI=1S/C12H14N4O3/c1-3-9(10-13-4-5-14-10)16-11(18)8(7(2)17)6-15-12(16)19/h4-6,9H,3H2,1-2H3,(H,13,14)(H,15,19). The van der Waals surface area contributed by atoms with Gasteiger partial charge < -0.3 is 9.97 Å². The van der Waals surface area contributed by atoms with Crippen molar-refractivity contribution in [3.05, 3.63) is 50.8 Å². The van der Waals surface area contributed by atoms with E-state index in [0.717, 1.165) is 10.8 Å². The lowest BCUT2D eigenvalue weighted by Gasteiger charge is -2.15. The van der Waals surface area contributed by atoms with Gasteiger partial charge in [-0.05, 0) is 13.3 Å². The molecule has 2 aromatic rings. The molecule has 0 aliphatic carbocycles. The third-order valence-corrected chi connectivity index (χ3v) is 2.92. The summed E-state index contributed by atoms with van der Waals surface area (Å²) >= 11 is 0. The Morgan fingerprint density at radius 1 is 1.42 bits per heavy atom. The van der Waals surface area contributed by atoms with Gasteiger partial charge in [0, 0.05) is 18.6 Å². The molecule has 0 aliphatic rings. The van der Waals surface area contributed by atoms with E-state index in [-0.39, 0.29) is 11.3 Å². The fraction of sp³-hybridized carbons (Fsp3) is 0.333. The zero-order valence-electron chi connectivity index (χ0n) is 10.6. The van der Waals surface area contributed by atoms with E-state index in [1.54, 1.807) is 12.4 Å². The Hall–Kier alpha value is -2.44. The highest BCUT2D eigenvalue weighted by Gasteiger charge is 2.20. The van der Waals surface area contributed by atoms with Crippen molar-refractivity contribution in [2.75, 3.05) is 0 Å². The number of rotatable bonds is 4. The molecular formula is C12H14N4O3. The van der Waals surface area contributed by atoms with Crippen molar-refractivity contribution >= 4 is 5.78 Å². The maximum atomic E-state index is 12.2. The van der Waals surface area contributed by atoms with Gasteiger partial charge in [-0.1, -0.05) is 6.92 Å². The van der Waals surface area contributed by atoms with Gasteiger partial charge in [0.15, 0.2) is 5.78 Å². The van der Waals surface area contributed by atoms with Crippen LogP contribution in [0.4, 0.5) is 0 Å². The first-order valence-electron chi connectivity index (χ1n) is 5.90. The fourth-order valence-electron chi connectivity index (χ4n) is 1.98. The molecule has 0 saturated heterocycles. The van der Waals surface area contributed by atoms with E-state index in [9.17, 15) is 14.4 Å². The average Bonchev–Trinajstić information content (AvgIpc) is 2.87. The van der Waals surface area contributed by atoms with Gasteiger partial charge in [0.05, 0.1) is 11.6 Å². The number of imidazole rings is 1. The van der Waals surface area contributed by atoms with Gasteiger partial charge in [-0.15, -0.1) is 0 Å². The molecule has 0 saturated carbocycles. The second-order valence-corrected chi connectivity index (χ2v) is 4.14. The topological polar surface area (TPSA) is 101 Å². The summed E-state index contributed by atoms with van der Waals surface area (Å²) < 4.78 is 1.02. The number of carbonyl (C=O) groups is 1. The zero-order chi connectivity index (χ0) is 14.0. The summed E-state index contributed by atoms with van der Waals surface area (Å²) in [6, 6.07) is -0.523. The molecule has 0 aliphatic heterocycles. The van der Waals surface area contributed by atoms with Crippen LogP contribution in [0.3, 0.4) is 0 Å². The second kappa shape index (κ2) is 5.05. The van der Waals surface area contributed by atoms with Crippen LogP contribution in [-0.4, -0.2) is 25.3 Å². The Labute approximate surface area is 108 Å². The molecule has 0 aromatic carbocycles. The van der Waals surface area contributed by atoms with Crippen LogP contribution in [0.1, 0.15) is 42.5 Å². The Morgan fingerprint density at radius 2 is 2.16 bits per heavy atom. The number of hydrogen-bond donors (Lipinski definition) is 2. The molecule has 0 radical (unpaired) electrons. The van der Waals surface area contributed by atoms with E-state index >= 15 is 0 Å². The molecule has 7 heteroatoms. The Morgan fingerprint density at radius 3 is 2.68 bits per heavy atom. The molecule has 1 atom stereocenters. The van der Waals surface area contributed by atoms with Gasteiger partial charge in [-0.25, -0.2) is 14.3 Å². The summed E-state index contributed by atoms with van der Waals surface area (Å²) in [6.07, 6.45) is 4.81. The first kappa shape index (κ1) is 13.0. The molecule has 2 aromatic heterocycles. The van der Waals surface area contributed by atoms with Gasteiger partial charge in [0.1, 0.15) is 5.82 Å². The quantitative estimate of drug-likeness (QED) is 0.782. The van der Waals surface area contributed by atoms with Crippen molar-refractivity contribution in [3.63, 3.8) is 0 Å². The minimum atomic E-state index is -0.598. The van der Waals surface area contributed by atoms with Crippen LogP contribution < -0.4 is 11.2 Å². The molecule has 0 amide bonds. The number of nitrogens with one attached hydrogen (secondary N) is 2. The van der Waals surface area contributed by atoms with Crippen molar-refractivity contribution in [2.24, 2.45) is 0 Å². The Kier molecular flexibility index (Phi) is 3.46. The number of aromatic nitrogens is 4. The summed E-state index contributed by atoms with van der Waals surface area (Å²) in [5.74, 6) is 0.125. The number of nitrogens with zero attached hydrogens (tertiary/aromatic N) is 2. The van der Waals surface area contributed by atoms with Crippen LogP contribution in [0.2, 0.25) is 0 Å². The summed E-state index contributed by atoms with van der Waals surface area (Å²) in [5.41, 5.74) is -1.19. The van der Waals surface area contributed by atoms with E-state index in [0.29, 0.717) is 12.2 Å². The summed E-state index contributed by atoms with van der Waals surface area (Å²) in [5, 5.41) is 0. The van der Waals surface area contributed by atoms with Crippen LogP contribution in [0.15, 0.2) is 28.2 Å². The molecule has 0 spiro atoms. The fourth-order valence-corrected chi connectivity index (χ4v) is 1.98. The van der Waals surface area contributed by atoms with Crippen LogP contribution in [0.5, 0.6) is 0 Å². The van der Waals surface area contributed by atoms with Gasteiger partial charge in [-0.2, -0.15) is 0 Å². The van der Waals surface area contributed by atoms with Crippen LogP contribution >= 0.6 is 0 Å². The predicted molar refractivity (Wildman–Crippen MR) is 68.3 cm³/mol. The van der Waals surface area contributed by atoms with Crippen molar-refractivity contribution in [2.45, 2.75) is 26.3 Å². The van der Waals surface area contributed by atoms with E-state index in [2.05, 4.69) is 15.0 Å². The van der Waals surface area contributed by atoms with Crippen molar-refractivity contribution in [1.29, 1.82) is 0 Å². The lowest BCUT2D eigenvalue weighted by atomic mass is 10.2. The van der Waals surface area contributed by atoms with Crippen molar-refractivity contribution < 1.29 is 4.79 Å². The van der Waals surface area contributed by atoms with Crippen molar-refractivity contribution in [3.8, 4) is 0 Å². The molecule has 0 bridgehead atoms. The maximum absolute atomic E-state index is 12.2. The molecule has 100 valence electrons. The zero-order valence-corrected chi connectivity index (χ0v) is 10.6. The summed E-state index contributed by atoms with van der Waals surface area (Å²) in [6.45, 7) is 3.12. The molecule has 2 rings (SSSR count). The van der Waals surface area contributed by atoms with Gasteiger partial charge >= 0.3 is 5.69 Å². The van der Waals surface area contributed by atoms with Gasteiger partial charge in [0.25, 0.3) is 5.56 Å². The minimum Gasteiger partial charge on any atom is -0.347 e. The number of ketones is 1. The Balaban J connectivity index is 2.67. The minimum absolute atomic E-state index is 0.0374. The van der Waals surface area contributed by atoms with E-state index in [1.165, 1.54) is 6.92 Å². The lowest BCUT2D eigenvalue weighted by molar-refractivity contribution is 0.101. The third kappa shape index (κ3) is 2.26. The summed E-state index contributed by atoms with van der Waals surface area (Å²) in [7, 11) is 0. The van der Waals surface area contributed by atoms with Crippen LogP contribution in [0, 0.1) is 0 Å². The predicted octanol–water partition coefficient (Wildman–Crippen LogP) is 0.462. The summed E-state index contributed by atoms with van der Waals surface area (Å²) in [4.78, 5) is 44.8. The van der Waals surface area contributed by atoms with Gasteiger partial charge in [-0.3, -0.25) is 9.59 Å². The second-order valence-electron chi connectivity index (χ2n) is 4.14. The van der Waals surface area contributed by atoms with E-state index in [1.807, 2.05) is 6.92 Å². The van der Waals surface area contributed by atoms with Crippen LogP contribution in [0.25, 0.3) is 0 Å². The average molecular weight is 262 g/mol. The normalized spacial score (nSPS) is 12.3. The lowest BCUT2D eigenvalue weighted by Crippen LogP contribution is -2.40. The molecule has 2 heterocycles.